The predicted molar refractivity (Wildman–Crippen MR) is 78.8 cm³/mol. The second kappa shape index (κ2) is 4.26. The topological polar surface area (TPSA) is 59.1 Å². The molecule has 0 aliphatic carbocycles. The number of aromatic nitrogens is 1. The molecule has 3 aromatic rings. The van der Waals surface area contributed by atoms with E-state index in [1.165, 1.54) is 11.3 Å². The maximum absolute atomic E-state index is 10.1. The van der Waals surface area contributed by atoms with E-state index in [4.69, 9.17) is 5.73 Å². The van der Waals surface area contributed by atoms with E-state index in [2.05, 4.69) is 20.9 Å². The number of hydrogen-bond donors (Lipinski definition) is 2. The SMILES string of the molecule is Nc1cc(Br)c(O)c(-c2nc3ccccc3s2)c1. The van der Waals surface area contributed by atoms with Gasteiger partial charge in [0.2, 0.25) is 0 Å². The zero-order valence-electron chi connectivity index (χ0n) is 9.22. The van der Waals surface area contributed by atoms with Crippen LogP contribution in [0.1, 0.15) is 0 Å². The van der Waals surface area contributed by atoms with E-state index in [1.54, 1.807) is 12.1 Å². The van der Waals surface area contributed by atoms with Crippen molar-refractivity contribution in [2.75, 3.05) is 5.73 Å². The van der Waals surface area contributed by atoms with Crippen LogP contribution in [0.3, 0.4) is 0 Å². The summed E-state index contributed by atoms with van der Waals surface area (Å²) in [5.74, 6) is 0.170. The normalized spacial score (nSPS) is 10.9. The molecule has 18 heavy (non-hydrogen) atoms. The second-order valence-electron chi connectivity index (χ2n) is 3.89. The molecule has 0 atom stereocenters. The molecule has 0 radical (unpaired) electrons. The highest BCUT2D eigenvalue weighted by molar-refractivity contribution is 9.10. The number of phenols is 1. The summed E-state index contributed by atoms with van der Waals surface area (Å²) in [6.45, 7) is 0. The van der Waals surface area contributed by atoms with E-state index in [0.717, 1.165) is 15.2 Å². The maximum Gasteiger partial charge on any atom is 0.140 e. The van der Waals surface area contributed by atoms with Crippen LogP contribution in [0, 0.1) is 0 Å². The number of thiazole rings is 1. The molecule has 3 rings (SSSR count). The standard InChI is InChI=1S/C13H9BrN2OS/c14-9-6-7(15)5-8(12(9)17)13-16-10-3-1-2-4-11(10)18-13/h1-6,17H,15H2. The van der Waals surface area contributed by atoms with Crippen molar-refractivity contribution in [3.8, 4) is 16.3 Å². The van der Waals surface area contributed by atoms with Crippen molar-refractivity contribution < 1.29 is 5.11 Å². The van der Waals surface area contributed by atoms with Crippen LogP contribution >= 0.6 is 27.3 Å². The Labute approximate surface area is 116 Å². The number of anilines is 1. The first kappa shape index (κ1) is 11.5. The van der Waals surface area contributed by atoms with Gasteiger partial charge in [-0.2, -0.15) is 0 Å². The van der Waals surface area contributed by atoms with Crippen molar-refractivity contribution in [3.05, 3.63) is 40.9 Å². The number of phenolic OH excluding ortho intramolecular Hbond substituents is 1. The summed E-state index contributed by atoms with van der Waals surface area (Å²) in [5, 5.41) is 10.8. The van der Waals surface area contributed by atoms with Crippen molar-refractivity contribution in [3.63, 3.8) is 0 Å². The first-order valence-corrected chi connectivity index (χ1v) is 6.90. The monoisotopic (exact) mass is 320 g/mol. The molecule has 1 aromatic heterocycles. The number of halogens is 1. The van der Waals surface area contributed by atoms with Gasteiger partial charge in [-0.25, -0.2) is 4.98 Å². The highest BCUT2D eigenvalue weighted by atomic mass is 79.9. The van der Waals surface area contributed by atoms with Crippen molar-refractivity contribution in [2.24, 2.45) is 0 Å². The summed E-state index contributed by atoms with van der Waals surface area (Å²) in [6.07, 6.45) is 0. The van der Waals surface area contributed by atoms with E-state index in [-0.39, 0.29) is 5.75 Å². The molecular formula is C13H9BrN2OS. The van der Waals surface area contributed by atoms with Gasteiger partial charge in [0, 0.05) is 5.69 Å². The molecule has 3 N–H and O–H groups in total. The molecule has 3 nitrogen and oxygen atoms in total. The quantitative estimate of drug-likeness (QED) is 0.526. The lowest BCUT2D eigenvalue weighted by Gasteiger charge is -2.04. The van der Waals surface area contributed by atoms with E-state index < -0.39 is 0 Å². The minimum atomic E-state index is 0.170. The molecule has 0 saturated heterocycles. The average Bonchev–Trinajstić information content (AvgIpc) is 2.77. The molecule has 2 aromatic carbocycles. The lowest BCUT2D eigenvalue weighted by Crippen LogP contribution is -1.87. The van der Waals surface area contributed by atoms with E-state index in [0.29, 0.717) is 15.7 Å². The molecule has 0 fully saturated rings. The van der Waals surface area contributed by atoms with Gasteiger partial charge in [0.25, 0.3) is 0 Å². The lowest BCUT2D eigenvalue weighted by molar-refractivity contribution is 0.474. The predicted octanol–water partition coefficient (Wildman–Crippen LogP) is 4.01. The molecule has 0 amide bonds. The van der Waals surface area contributed by atoms with Crippen molar-refractivity contribution in [1.82, 2.24) is 4.98 Å². The van der Waals surface area contributed by atoms with Gasteiger partial charge in [-0.3, -0.25) is 0 Å². The van der Waals surface area contributed by atoms with E-state index in [1.807, 2.05) is 24.3 Å². The Morgan fingerprint density at radius 3 is 2.78 bits per heavy atom. The summed E-state index contributed by atoms with van der Waals surface area (Å²) in [7, 11) is 0. The number of fused-ring (bicyclic) bond motifs is 1. The third-order valence-electron chi connectivity index (χ3n) is 2.61. The summed E-state index contributed by atoms with van der Waals surface area (Å²) in [6, 6.07) is 11.3. The smallest absolute Gasteiger partial charge is 0.140 e. The fourth-order valence-electron chi connectivity index (χ4n) is 1.77. The number of para-hydroxylation sites is 1. The van der Waals surface area contributed by atoms with Gasteiger partial charge >= 0.3 is 0 Å². The number of benzene rings is 2. The zero-order valence-corrected chi connectivity index (χ0v) is 11.6. The third-order valence-corrected chi connectivity index (χ3v) is 4.28. The molecule has 0 aliphatic heterocycles. The minimum Gasteiger partial charge on any atom is -0.506 e. The first-order chi connectivity index (χ1) is 8.65. The van der Waals surface area contributed by atoms with Gasteiger partial charge < -0.3 is 10.8 Å². The average molecular weight is 321 g/mol. The Morgan fingerprint density at radius 1 is 1.22 bits per heavy atom. The molecule has 5 heteroatoms. The maximum atomic E-state index is 10.1. The molecule has 0 spiro atoms. The van der Waals surface area contributed by atoms with Crippen molar-refractivity contribution >= 4 is 43.2 Å². The molecular weight excluding hydrogens is 312 g/mol. The van der Waals surface area contributed by atoms with Gasteiger partial charge in [-0.15, -0.1) is 11.3 Å². The molecule has 0 unspecified atom stereocenters. The van der Waals surface area contributed by atoms with Gasteiger partial charge in [-0.05, 0) is 40.2 Å². The van der Waals surface area contributed by atoms with Crippen molar-refractivity contribution in [2.45, 2.75) is 0 Å². The summed E-state index contributed by atoms with van der Waals surface area (Å²) >= 11 is 4.82. The Balaban J connectivity index is 2.26. The number of aromatic hydroxyl groups is 1. The summed E-state index contributed by atoms with van der Waals surface area (Å²) in [4.78, 5) is 4.51. The lowest BCUT2D eigenvalue weighted by atomic mass is 10.2. The largest absolute Gasteiger partial charge is 0.506 e. The molecule has 1 heterocycles. The number of nitrogens with zero attached hydrogens (tertiary/aromatic N) is 1. The van der Waals surface area contributed by atoms with Crippen LogP contribution in [0.2, 0.25) is 0 Å². The van der Waals surface area contributed by atoms with Crippen LogP contribution in [0.15, 0.2) is 40.9 Å². The number of nitrogen functional groups attached to an aromatic ring is 1. The third kappa shape index (κ3) is 1.85. The van der Waals surface area contributed by atoms with Crippen LogP contribution < -0.4 is 5.73 Å². The Bertz CT molecular complexity index is 706. The summed E-state index contributed by atoms with van der Waals surface area (Å²) < 4.78 is 1.67. The first-order valence-electron chi connectivity index (χ1n) is 5.29. The highest BCUT2D eigenvalue weighted by Gasteiger charge is 2.13. The molecule has 0 aliphatic rings. The molecule has 90 valence electrons. The fraction of sp³-hybridized carbons (Fsp3) is 0. The Kier molecular flexibility index (Phi) is 2.72. The van der Waals surface area contributed by atoms with Crippen LogP contribution in [0.25, 0.3) is 20.8 Å². The summed E-state index contributed by atoms with van der Waals surface area (Å²) in [5.41, 5.74) is 7.97. The van der Waals surface area contributed by atoms with Gasteiger partial charge in [-0.1, -0.05) is 12.1 Å². The van der Waals surface area contributed by atoms with Gasteiger partial charge in [0.05, 0.1) is 20.3 Å². The van der Waals surface area contributed by atoms with E-state index >= 15 is 0 Å². The number of nitrogens with two attached hydrogens (primary N) is 1. The number of rotatable bonds is 1. The number of hydrogen-bond acceptors (Lipinski definition) is 4. The zero-order chi connectivity index (χ0) is 12.7. The highest BCUT2D eigenvalue weighted by Crippen LogP contribution is 2.40. The van der Waals surface area contributed by atoms with Gasteiger partial charge in [0.1, 0.15) is 10.8 Å². The van der Waals surface area contributed by atoms with Crippen LogP contribution in [0.4, 0.5) is 5.69 Å². The van der Waals surface area contributed by atoms with Gasteiger partial charge in [0.15, 0.2) is 0 Å². The van der Waals surface area contributed by atoms with Crippen LogP contribution in [0.5, 0.6) is 5.75 Å². The fourth-order valence-corrected chi connectivity index (χ4v) is 3.23. The minimum absolute atomic E-state index is 0.170. The molecule has 0 bridgehead atoms. The molecule has 0 saturated carbocycles. The Morgan fingerprint density at radius 2 is 2.00 bits per heavy atom. The van der Waals surface area contributed by atoms with Crippen molar-refractivity contribution in [1.29, 1.82) is 0 Å². The second-order valence-corrected chi connectivity index (χ2v) is 5.77. The van der Waals surface area contributed by atoms with E-state index in [9.17, 15) is 5.11 Å². The Hall–Kier alpha value is -1.59. The van der Waals surface area contributed by atoms with Crippen LogP contribution in [-0.4, -0.2) is 10.1 Å². The van der Waals surface area contributed by atoms with Crippen LogP contribution in [-0.2, 0) is 0 Å².